The van der Waals surface area contributed by atoms with Gasteiger partial charge in [-0.3, -0.25) is 14.9 Å². The van der Waals surface area contributed by atoms with Gasteiger partial charge in [-0.25, -0.2) is 4.39 Å². The van der Waals surface area contributed by atoms with Crippen molar-refractivity contribution in [2.75, 3.05) is 0 Å². The molecule has 0 radical (unpaired) electrons. The van der Waals surface area contributed by atoms with E-state index in [0.29, 0.717) is 10.2 Å². The Morgan fingerprint density at radius 1 is 1.36 bits per heavy atom. The number of nitro benzene ring substituents is 1. The lowest BCUT2D eigenvalue weighted by Gasteiger charge is -2.00. The number of thiazole rings is 1. The van der Waals surface area contributed by atoms with Crippen molar-refractivity contribution in [2.24, 2.45) is 4.99 Å². The van der Waals surface area contributed by atoms with E-state index in [1.807, 2.05) is 0 Å². The number of halogens is 1. The van der Waals surface area contributed by atoms with Gasteiger partial charge in [0.25, 0.3) is 11.6 Å². The number of carbonyl (C=O) groups is 1. The second-order valence-corrected chi connectivity index (χ2v) is 5.99. The number of hydrogen-bond donors (Lipinski definition) is 0. The summed E-state index contributed by atoms with van der Waals surface area (Å²) in [4.78, 5) is 26.9. The first-order valence-electron chi connectivity index (χ1n) is 7.06. The van der Waals surface area contributed by atoms with E-state index in [2.05, 4.69) is 10.9 Å². The molecule has 0 aliphatic carbocycles. The molecule has 6 nitrogen and oxygen atoms in total. The summed E-state index contributed by atoms with van der Waals surface area (Å²) in [6.07, 6.45) is 5.36. The number of amides is 1. The van der Waals surface area contributed by atoms with Crippen molar-refractivity contribution in [3.05, 3.63) is 68.8 Å². The molecule has 0 aliphatic heterocycles. The lowest BCUT2D eigenvalue weighted by atomic mass is 10.2. The number of nitrogens with zero attached hydrogens (tertiary/aromatic N) is 3. The van der Waals surface area contributed by atoms with Crippen LogP contribution in [-0.4, -0.2) is 15.4 Å². The standard InChI is InChI=1S/C17H10FN3O3S/c1-2-9-20-14-10-11(21(23)24)7-8-15(14)25-17(20)19-16(22)12-5-3-4-6-13(12)18/h1,3-8,10H,9H2. The highest BCUT2D eigenvalue weighted by molar-refractivity contribution is 7.16. The number of terminal acetylenes is 1. The highest BCUT2D eigenvalue weighted by Gasteiger charge is 2.14. The molecule has 0 N–H and O–H groups in total. The average molecular weight is 355 g/mol. The minimum atomic E-state index is -0.745. The molecule has 2 aromatic carbocycles. The van der Waals surface area contributed by atoms with E-state index in [1.165, 1.54) is 41.0 Å². The fourth-order valence-electron chi connectivity index (χ4n) is 2.28. The highest BCUT2D eigenvalue weighted by atomic mass is 32.1. The third kappa shape index (κ3) is 3.18. The zero-order valence-electron chi connectivity index (χ0n) is 12.7. The molecular formula is C17H10FN3O3S. The van der Waals surface area contributed by atoms with E-state index in [0.717, 1.165) is 11.3 Å². The van der Waals surface area contributed by atoms with Crippen molar-refractivity contribution >= 4 is 33.1 Å². The van der Waals surface area contributed by atoms with Gasteiger partial charge in [0.2, 0.25) is 0 Å². The van der Waals surface area contributed by atoms with Crippen LogP contribution in [-0.2, 0) is 6.54 Å². The lowest BCUT2D eigenvalue weighted by Crippen LogP contribution is -2.17. The summed E-state index contributed by atoms with van der Waals surface area (Å²) in [5.41, 5.74) is 0.249. The number of benzene rings is 2. The van der Waals surface area contributed by atoms with Crippen LogP contribution in [0.15, 0.2) is 47.5 Å². The molecule has 0 unspecified atom stereocenters. The Labute approximate surface area is 145 Å². The molecule has 0 bridgehead atoms. The quantitative estimate of drug-likeness (QED) is 0.411. The van der Waals surface area contributed by atoms with Crippen molar-refractivity contribution < 1.29 is 14.1 Å². The SMILES string of the molecule is C#CCn1c(=NC(=O)c2ccccc2F)sc2ccc([N+](=O)[O-])cc21. The van der Waals surface area contributed by atoms with Crippen LogP contribution in [0.1, 0.15) is 10.4 Å². The second-order valence-electron chi connectivity index (χ2n) is 4.98. The van der Waals surface area contributed by atoms with Crippen LogP contribution in [0.4, 0.5) is 10.1 Å². The number of hydrogen-bond acceptors (Lipinski definition) is 4. The van der Waals surface area contributed by atoms with Crippen LogP contribution < -0.4 is 4.80 Å². The minimum Gasteiger partial charge on any atom is -0.304 e. The zero-order valence-corrected chi connectivity index (χ0v) is 13.5. The first-order valence-corrected chi connectivity index (χ1v) is 7.87. The van der Waals surface area contributed by atoms with E-state index < -0.39 is 16.6 Å². The Hall–Kier alpha value is -3.31. The van der Waals surface area contributed by atoms with E-state index in [1.54, 1.807) is 6.07 Å². The third-order valence-corrected chi connectivity index (χ3v) is 4.49. The number of rotatable bonds is 3. The van der Waals surface area contributed by atoms with Gasteiger partial charge in [-0.1, -0.05) is 29.4 Å². The van der Waals surface area contributed by atoms with Gasteiger partial charge in [-0.15, -0.1) is 6.42 Å². The highest BCUT2D eigenvalue weighted by Crippen LogP contribution is 2.23. The molecule has 0 atom stereocenters. The Morgan fingerprint density at radius 3 is 2.80 bits per heavy atom. The van der Waals surface area contributed by atoms with Crippen molar-refractivity contribution in [1.29, 1.82) is 0 Å². The van der Waals surface area contributed by atoms with Crippen molar-refractivity contribution in [3.8, 4) is 12.3 Å². The van der Waals surface area contributed by atoms with Crippen molar-refractivity contribution in [1.82, 2.24) is 4.57 Å². The van der Waals surface area contributed by atoms with Crippen LogP contribution in [0.3, 0.4) is 0 Å². The lowest BCUT2D eigenvalue weighted by molar-refractivity contribution is -0.384. The Morgan fingerprint density at radius 2 is 2.12 bits per heavy atom. The van der Waals surface area contributed by atoms with Crippen LogP contribution in [0.25, 0.3) is 10.2 Å². The molecule has 8 heteroatoms. The van der Waals surface area contributed by atoms with Gasteiger partial charge in [0.1, 0.15) is 5.82 Å². The predicted octanol–water partition coefficient (Wildman–Crippen LogP) is 3.12. The van der Waals surface area contributed by atoms with E-state index in [-0.39, 0.29) is 22.6 Å². The van der Waals surface area contributed by atoms with E-state index in [9.17, 15) is 19.3 Å². The van der Waals surface area contributed by atoms with Gasteiger partial charge < -0.3 is 4.57 Å². The second kappa shape index (κ2) is 6.67. The number of fused-ring (bicyclic) bond motifs is 1. The maximum atomic E-state index is 13.7. The molecule has 0 spiro atoms. The van der Waals surface area contributed by atoms with Gasteiger partial charge in [0.05, 0.1) is 27.2 Å². The summed E-state index contributed by atoms with van der Waals surface area (Å²) in [6.45, 7) is 0.0740. The maximum Gasteiger partial charge on any atom is 0.282 e. The topological polar surface area (TPSA) is 77.5 Å². The van der Waals surface area contributed by atoms with Crippen molar-refractivity contribution in [2.45, 2.75) is 6.54 Å². The summed E-state index contributed by atoms with van der Waals surface area (Å²) in [5, 5.41) is 11.0. The third-order valence-electron chi connectivity index (χ3n) is 3.43. The molecule has 1 aromatic heterocycles. The van der Waals surface area contributed by atoms with Gasteiger partial charge in [0, 0.05) is 12.1 Å². The smallest absolute Gasteiger partial charge is 0.282 e. The molecule has 1 heterocycles. The summed E-state index contributed by atoms with van der Waals surface area (Å²) in [5.74, 6) is 1.01. The normalized spacial score (nSPS) is 11.4. The number of carbonyl (C=O) groups excluding carboxylic acids is 1. The Balaban J connectivity index is 2.20. The number of nitro groups is 1. The monoisotopic (exact) mass is 355 g/mol. The van der Waals surface area contributed by atoms with E-state index in [4.69, 9.17) is 6.42 Å². The molecule has 0 fully saturated rings. The largest absolute Gasteiger partial charge is 0.304 e. The molecule has 3 aromatic rings. The van der Waals surface area contributed by atoms with Gasteiger partial charge >= 0.3 is 0 Å². The summed E-state index contributed by atoms with van der Waals surface area (Å²) >= 11 is 1.15. The Bertz CT molecular complexity index is 1110. The first kappa shape index (κ1) is 16.5. The summed E-state index contributed by atoms with van der Waals surface area (Å²) in [6, 6.07) is 9.82. The predicted molar refractivity (Wildman–Crippen MR) is 91.6 cm³/mol. The number of aromatic nitrogens is 1. The molecule has 0 saturated heterocycles. The van der Waals surface area contributed by atoms with Crippen molar-refractivity contribution in [3.63, 3.8) is 0 Å². The van der Waals surface area contributed by atoms with Gasteiger partial charge in [-0.05, 0) is 18.2 Å². The molecule has 3 rings (SSSR count). The maximum absolute atomic E-state index is 13.7. The molecule has 0 aliphatic rings. The molecular weight excluding hydrogens is 345 g/mol. The summed E-state index contributed by atoms with van der Waals surface area (Å²) < 4.78 is 15.9. The zero-order chi connectivity index (χ0) is 18.0. The van der Waals surface area contributed by atoms with E-state index >= 15 is 0 Å². The molecule has 124 valence electrons. The van der Waals surface area contributed by atoms with Crippen LogP contribution >= 0.6 is 11.3 Å². The van der Waals surface area contributed by atoms with Crippen LogP contribution in [0, 0.1) is 28.3 Å². The van der Waals surface area contributed by atoms with Gasteiger partial charge in [0.15, 0.2) is 4.80 Å². The molecule has 25 heavy (non-hydrogen) atoms. The minimum absolute atomic E-state index is 0.0740. The van der Waals surface area contributed by atoms with Crippen LogP contribution in [0.5, 0.6) is 0 Å². The van der Waals surface area contributed by atoms with Gasteiger partial charge in [-0.2, -0.15) is 4.99 Å². The number of non-ortho nitro benzene ring substituents is 1. The summed E-state index contributed by atoms with van der Waals surface area (Å²) in [7, 11) is 0. The molecule has 1 amide bonds. The first-order chi connectivity index (χ1) is 12.0. The average Bonchev–Trinajstić information content (AvgIpc) is 2.92. The Kier molecular flexibility index (Phi) is 4.41. The molecule has 0 saturated carbocycles. The van der Waals surface area contributed by atoms with Crippen LogP contribution in [0.2, 0.25) is 0 Å². The fourth-order valence-corrected chi connectivity index (χ4v) is 3.29. The fraction of sp³-hybridized carbons (Fsp3) is 0.0588.